The third-order valence-electron chi connectivity index (χ3n) is 2.20. The van der Waals surface area contributed by atoms with Crippen LogP contribution in [0.5, 0.6) is 0 Å². The first-order chi connectivity index (χ1) is 8.62. The number of aryl methyl sites for hydroxylation is 1. The van der Waals surface area contributed by atoms with Crippen LogP contribution < -0.4 is 4.72 Å². The van der Waals surface area contributed by atoms with Gasteiger partial charge in [-0.05, 0) is 6.92 Å². The number of hydrogen-bond acceptors (Lipinski definition) is 4. The number of aliphatic hydroxyl groups is 1. The quantitative estimate of drug-likeness (QED) is 0.663. The molecule has 0 aliphatic heterocycles. The molecule has 0 amide bonds. The van der Waals surface area contributed by atoms with E-state index in [1.165, 1.54) is 11.6 Å². The predicted octanol–water partition coefficient (Wildman–Crippen LogP) is 0.389. The summed E-state index contributed by atoms with van der Waals surface area (Å²) in [6.07, 6.45) is -3.99. The highest BCUT2D eigenvalue weighted by molar-refractivity contribution is 7.89. The molecule has 0 atom stereocenters. The average molecular weight is 305 g/mol. The molecule has 1 rings (SSSR count). The molecule has 110 valence electrons. The van der Waals surface area contributed by atoms with E-state index in [2.05, 4.69) is 10.2 Å². The first-order valence-corrected chi connectivity index (χ1v) is 6.40. The lowest BCUT2D eigenvalue weighted by Crippen LogP contribution is -2.41. The fourth-order valence-electron chi connectivity index (χ4n) is 1.27. The SMILES string of the molecule is Cc1[nH]nc(CO)c1S(=O)(=O)NCC(F)(F)C(F)F. The number of nitrogens with zero attached hydrogens (tertiary/aromatic N) is 1. The minimum Gasteiger partial charge on any atom is -0.390 e. The van der Waals surface area contributed by atoms with Crippen LogP contribution in [0.25, 0.3) is 0 Å². The summed E-state index contributed by atoms with van der Waals surface area (Å²) in [5, 5.41) is 14.6. The summed E-state index contributed by atoms with van der Waals surface area (Å²) in [4.78, 5) is -0.528. The van der Waals surface area contributed by atoms with Gasteiger partial charge in [0, 0.05) is 0 Å². The topological polar surface area (TPSA) is 95.1 Å². The molecule has 6 nitrogen and oxygen atoms in total. The van der Waals surface area contributed by atoms with Crippen LogP contribution in [-0.2, 0) is 16.6 Å². The van der Waals surface area contributed by atoms with Crippen LogP contribution >= 0.6 is 0 Å². The normalized spacial score (nSPS) is 13.2. The summed E-state index contributed by atoms with van der Waals surface area (Å²) in [6.45, 7) is -1.21. The Morgan fingerprint density at radius 2 is 2.05 bits per heavy atom. The van der Waals surface area contributed by atoms with Gasteiger partial charge < -0.3 is 5.11 Å². The van der Waals surface area contributed by atoms with E-state index in [4.69, 9.17) is 5.11 Å². The molecule has 1 heterocycles. The summed E-state index contributed by atoms with van der Waals surface area (Å²) in [5.74, 6) is -4.48. The van der Waals surface area contributed by atoms with Crippen LogP contribution in [0.3, 0.4) is 0 Å². The maximum Gasteiger partial charge on any atom is 0.320 e. The van der Waals surface area contributed by atoms with Crippen LogP contribution in [0.1, 0.15) is 11.4 Å². The molecular weight excluding hydrogens is 294 g/mol. The maximum absolute atomic E-state index is 12.7. The highest BCUT2D eigenvalue weighted by atomic mass is 32.2. The molecular formula is C8H11F4N3O3S. The van der Waals surface area contributed by atoms with Gasteiger partial charge in [-0.2, -0.15) is 13.9 Å². The number of halogens is 4. The van der Waals surface area contributed by atoms with Crippen molar-refractivity contribution in [2.24, 2.45) is 0 Å². The lowest BCUT2D eigenvalue weighted by atomic mass is 10.4. The van der Waals surface area contributed by atoms with E-state index in [9.17, 15) is 26.0 Å². The summed E-state index contributed by atoms with van der Waals surface area (Å²) in [5.41, 5.74) is -0.290. The van der Waals surface area contributed by atoms with E-state index in [-0.39, 0.29) is 11.4 Å². The van der Waals surface area contributed by atoms with Gasteiger partial charge in [-0.3, -0.25) is 5.10 Å². The highest BCUT2D eigenvalue weighted by Crippen LogP contribution is 2.23. The van der Waals surface area contributed by atoms with Gasteiger partial charge >= 0.3 is 12.3 Å². The molecule has 1 aromatic rings. The molecule has 11 heteroatoms. The van der Waals surface area contributed by atoms with Gasteiger partial charge in [-0.15, -0.1) is 0 Å². The first kappa shape index (κ1) is 15.9. The second kappa shape index (κ2) is 5.43. The van der Waals surface area contributed by atoms with Crippen LogP contribution in [0.4, 0.5) is 17.6 Å². The molecule has 0 fully saturated rings. The summed E-state index contributed by atoms with van der Waals surface area (Å²) in [7, 11) is -4.47. The zero-order valence-electron chi connectivity index (χ0n) is 9.62. The zero-order valence-corrected chi connectivity index (χ0v) is 10.4. The number of sulfonamides is 1. The van der Waals surface area contributed by atoms with E-state index in [0.29, 0.717) is 0 Å². The Morgan fingerprint density at radius 3 is 2.53 bits per heavy atom. The third-order valence-corrected chi connectivity index (χ3v) is 3.80. The molecule has 0 radical (unpaired) electrons. The molecule has 0 bridgehead atoms. The van der Waals surface area contributed by atoms with Crippen LogP contribution in [0.2, 0.25) is 0 Å². The van der Waals surface area contributed by atoms with Crippen molar-refractivity contribution in [3.8, 4) is 0 Å². The second-order valence-corrected chi connectivity index (χ2v) is 5.37. The summed E-state index contributed by atoms with van der Waals surface area (Å²) in [6, 6.07) is 0. The molecule has 1 aromatic heterocycles. The van der Waals surface area contributed by atoms with Gasteiger partial charge in [0.15, 0.2) is 0 Å². The van der Waals surface area contributed by atoms with Gasteiger partial charge in [-0.1, -0.05) is 0 Å². The van der Waals surface area contributed by atoms with Crippen molar-refractivity contribution in [1.82, 2.24) is 14.9 Å². The average Bonchev–Trinajstić information content (AvgIpc) is 2.68. The number of aromatic amines is 1. The lowest BCUT2D eigenvalue weighted by molar-refractivity contribution is -0.122. The largest absolute Gasteiger partial charge is 0.390 e. The molecule has 0 saturated carbocycles. The Balaban J connectivity index is 2.97. The minimum atomic E-state index is -4.48. The number of H-pyrrole nitrogens is 1. The van der Waals surface area contributed by atoms with Crippen molar-refractivity contribution in [1.29, 1.82) is 0 Å². The Morgan fingerprint density at radius 1 is 1.47 bits per heavy atom. The Bertz CT molecular complexity index is 543. The molecule has 0 spiro atoms. The second-order valence-electron chi connectivity index (χ2n) is 3.67. The number of aliphatic hydroxyl groups excluding tert-OH is 1. The van der Waals surface area contributed by atoms with Gasteiger partial charge in [0.25, 0.3) is 0 Å². The Kier molecular flexibility index (Phi) is 4.53. The van der Waals surface area contributed by atoms with Crippen LogP contribution in [0, 0.1) is 6.92 Å². The number of nitrogens with one attached hydrogen (secondary N) is 2. The predicted molar refractivity (Wildman–Crippen MR) is 55.4 cm³/mol. The van der Waals surface area contributed by atoms with Crippen molar-refractivity contribution in [3.63, 3.8) is 0 Å². The fraction of sp³-hybridized carbons (Fsp3) is 0.625. The monoisotopic (exact) mass is 305 g/mol. The third kappa shape index (κ3) is 3.42. The fourth-order valence-corrected chi connectivity index (χ4v) is 2.67. The van der Waals surface area contributed by atoms with Crippen LogP contribution in [0.15, 0.2) is 4.90 Å². The highest BCUT2D eigenvalue weighted by Gasteiger charge is 2.42. The van der Waals surface area contributed by atoms with Crippen molar-refractivity contribution in [3.05, 3.63) is 11.4 Å². The zero-order chi connectivity index (χ0) is 14.8. The standard InChI is InChI=1S/C8H11F4N3O3S/c1-4-6(5(2-16)15-14-4)19(17,18)13-3-8(11,12)7(9)10/h7,13,16H,2-3H2,1H3,(H,14,15). The smallest absolute Gasteiger partial charge is 0.320 e. The van der Waals surface area contributed by atoms with Gasteiger partial charge in [0.1, 0.15) is 10.6 Å². The number of alkyl halides is 4. The van der Waals surface area contributed by atoms with Gasteiger partial charge in [0.05, 0.1) is 18.8 Å². The Labute approximate surface area is 105 Å². The first-order valence-electron chi connectivity index (χ1n) is 4.92. The van der Waals surface area contributed by atoms with Crippen molar-refractivity contribution < 1.29 is 31.1 Å². The van der Waals surface area contributed by atoms with E-state index in [0.717, 1.165) is 0 Å². The van der Waals surface area contributed by atoms with Crippen molar-refractivity contribution in [2.75, 3.05) is 6.54 Å². The number of rotatable bonds is 6. The lowest BCUT2D eigenvalue weighted by Gasteiger charge is -2.16. The van der Waals surface area contributed by atoms with E-state index in [1.807, 2.05) is 0 Å². The maximum atomic E-state index is 12.7. The Hall–Kier alpha value is -1.20. The number of aromatic nitrogens is 2. The van der Waals surface area contributed by atoms with Crippen molar-refractivity contribution >= 4 is 10.0 Å². The minimum absolute atomic E-state index is 0.00286. The molecule has 0 aromatic carbocycles. The van der Waals surface area contributed by atoms with E-state index in [1.54, 1.807) is 0 Å². The van der Waals surface area contributed by atoms with Crippen molar-refractivity contribution in [2.45, 2.75) is 30.8 Å². The summed E-state index contributed by atoms with van der Waals surface area (Å²) >= 11 is 0. The number of hydrogen-bond donors (Lipinski definition) is 3. The van der Waals surface area contributed by atoms with Crippen LogP contribution in [-0.4, -0.2) is 42.6 Å². The van der Waals surface area contributed by atoms with E-state index >= 15 is 0 Å². The molecule has 3 N–H and O–H groups in total. The van der Waals surface area contributed by atoms with Gasteiger partial charge in [0.2, 0.25) is 10.0 Å². The van der Waals surface area contributed by atoms with Gasteiger partial charge in [-0.25, -0.2) is 21.9 Å². The van der Waals surface area contributed by atoms with E-state index < -0.39 is 40.4 Å². The molecule has 19 heavy (non-hydrogen) atoms. The molecule has 0 aliphatic rings. The molecule has 0 saturated heterocycles. The molecule has 0 unspecified atom stereocenters. The summed E-state index contributed by atoms with van der Waals surface area (Å²) < 4.78 is 73.9. The molecule has 0 aliphatic carbocycles.